The van der Waals surface area contributed by atoms with Crippen LogP contribution >= 0.6 is 11.3 Å². The first-order valence-electron chi connectivity index (χ1n) is 8.36. The Balaban J connectivity index is 1.41. The Morgan fingerprint density at radius 2 is 1.92 bits per heavy atom. The lowest BCUT2D eigenvalue weighted by Crippen LogP contribution is -2.22. The van der Waals surface area contributed by atoms with Crippen molar-refractivity contribution >= 4 is 17.2 Å². The summed E-state index contributed by atoms with van der Waals surface area (Å²) in [5.41, 5.74) is 2.92. The minimum atomic E-state index is -0.100. The number of hydrogen-bond donors (Lipinski definition) is 1. The molecule has 3 aromatic rings. The van der Waals surface area contributed by atoms with Crippen molar-refractivity contribution in [3.8, 4) is 11.5 Å². The second kappa shape index (κ2) is 7.17. The van der Waals surface area contributed by atoms with E-state index in [0.29, 0.717) is 11.4 Å². The van der Waals surface area contributed by atoms with Crippen LogP contribution < -0.4 is 14.8 Å². The lowest BCUT2D eigenvalue weighted by molar-refractivity contribution is 0.0954. The number of amides is 1. The summed E-state index contributed by atoms with van der Waals surface area (Å²) in [6.07, 6.45) is 0.738. The van der Waals surface area contributed by atoms with Gasteiger partial charge in [-0.25, -0.2) is 4.98 Å². The molecular formula is C20H18N2O3S. The first kappa shape index (κ1) is 16.6. The van der Waals surface area contributed by atoms with Gasteiger partial charge in [-0.05, 0) is 30.2 Å². The molecule has 6 heteroatoms. The third-order valence-corrected chi connectivity index (χ3v) is 5.29. The summed E-state index contributed by atoms with van der Waals surface area (Å²) in [5, 5.41) is 3.91. The fourth-order valence-electron chi connectivity index (χ4n) is 2.82. The molecule has 0 aliphatic carbocycles. The Hall–Kier alpha value is -2.86. The number of aromatic nitrogens is 1. The fourth-order valence-corrected chi connectivity index (χ4v) is 3.84. The van der Waals surface area contributed by atoms with E-state index in [4.69, 9.17) is 9.47 Å². The summed E-state index contributed by atoms with van der Waals surface area (Å²) in [5.74, 6) is 1.36. The van der Waals surface area contributed by atoms with Crippen LogP contribution in [0.25, 0.3) is 0 Å². The molecule has 0 saturated heterocycles. The van der Waals surface area contributed by atoms with Gasteiger partial charge in [-0.15, -0.1) is 11.3 Å². The summed E-state index contributed by atoms with van der Waals surface area (Å²) in [7, 11) is 0. The average molecular weight is 366 g/mol. The number of hydrogen-bond acceptors (Lipinski definition) is 5. The Labute approximate surface area is 155 Å². The topological polar surface area (TPSA) is 60.5 Å². The number of ether oxygens (including phenoxy) is 2. The summed E-state index contributed by atoms with van der Waals surface area (Å²) < 4.78 is 10.7. The summed E-state index contributed by atoms with van der Waals surface area (Å²) in [4.78, 5) is 17.8. The van der Waals surface area contributed by atoms with Crippen molar-refractivity contribution in [2.45, 2.75) is 19.9 Å². The van der Waals surface area contributed by atoms with Crippen LogP contribution in [0.1, 0.15) is 31.5 Å². The molecule has 1 N–H and O–H groups in total. The third kappa shape index (κ3) is 3.55. The zero-order valence-electron chi connectivity index (χ0n) is 14.3. The number of fused-ring (bicyclic) bond motifs is 1. The smallest absolute Gasteiger partial charge is 0.263 e. The molecule has 0 radical (unpaired) electrons. The van der Waals surface area contributed by atoms with E-state index in [-0.39, 0.29) is 12.7 Å². The van der Waals surface area contributed by atoms with Gasteiger partial charge in [0.25, 0.3) is 5.91 Å². The molecule has 26 heavy (non-hydrogen) atoms. The molecule has 0 saturated carbocycles. The molecule has 5 nitrogen and oxygen atoms in total. The predicted octanol–water partition coefficient (Wildman–Crippen LogP) is 3.70. The number of carbonyl (C=O) groups excluding carboxylic acids is 1. The lowest BCUT2D eigenvalue weighted by Gasteiger charge is -2.05. The molecule has 1 aromatic heterocycles. The molecule has 0 unspecified atom stereocenters. The highest BCUT2D eigenvalue weighted by molar-refractivity contribution is 7.13. The minimum absolute atomic E-state index is 0.100. The average Bonchev–Trinajstić information content (AvgIpc) is 3.26. The maximum Gasteiger partial charge on any atom is 0.263 e. The normalized spacial score (nSPS) is 12.2. The van der Waals surface area contributed by atoms with Gasteiger partial charge in [0.1, 0.15) is 4.88 Å². The van der Waals surface area contributed by atoms with E-state index in [1.807, 2.05) is 43.3 Å². The second-order valence-electron chi connectivity index (χ2n) is 6.05. The zero-order chi connectivity index (χ0) is 17.9. The first-order valence-corrected chi connectivity index (χ1v) is 9.17. The molecule has 1 aliphatic rings. The zero-order valence-corrected chi connectivity index (χ0v) is 15.1. The molecule has 132 valence electrons. The van der Waals surface area contributed by atoms with E-state index in [9.17, 15) is 4.79 Å². The van der Waals surface area contributed by atoms with E-state index >= 15 is 0 Å². The van der Waals surface area contributed by atoms with Gasteiger partial charge < -0.3 is 14.8 Å². The van der Waals surface area contributed by atoms with Crippen LogP contribution in [-0.2, 0) is 13.0 Å². The third-order valence-electron chi connectivity index (χ3n) is 4.14. The fraction of sp³-hybridized carbons (Fsp3) is 0.200. The Morgan fingerprint density at radius 3 is 2.77 bits per heavy atom. The van der Waals surface area contributed by atoms with Gasteiger partial charge in [-0.2, -0.15) is 0 Å². The summed E-state index contributed by atoms with van der Waals surface area (Å²) in [6, 6.07) is 15.8. The second-order valence-corrected chi connectivity index (χ2v) is 7.14. The van der Waals surface area contributed by atoms with Gasteiger partial charge in [-0.1, -0.05) is 36.4 Å². The van der Waals surface area contributed by atoms with Crippen molar-refractivity contribution in [2.75, 3.05) is 6.79 Å². The van der Waals surface area contributed by atoms with Crippen molar-refractivity contribution in [2.24, 2.45) is 0 Å². The molecule has 1 amide bonds. The maximum atomic E-state index is 12.5. The molecule has 0 fully saturated rings. The molecule has 0 spiro atoms. The largest absolute Gasteiger partial charge is 0.454 e. The van der Waals surface area contributed by atoms with Crippen LogP contribution in [0.4, 0.5) is 0 Å². The predicted molar refractivity (Wildman–Crippen MR) is 99.8 cm³/mol. The Kier molecular flexibility index (Phi) is 4.58. The van der Waals surface area contributed by atoms with Gasteiger partial charge in [-0.3, -0.25) is 4.79 Å². The van der Waals surface area contributed by atoms with Crippen LogP contribution in [-0.4, -0.2) is 17.7 Å². The van der Waals surface area contributed by atoms with Gasteiger partial charge in [0.15, 0.2) is 11.5 Å². The number of benzene rings is 2. The number of nitrogens with one attached hydrogen (secondary N) is 1. The first-order chi connectivity index (χ1) is 12.7. The number of carbonyl (C=O) groups is 1. The molecular weight excluding hydrogens is 348 g/mol. The molecule has 4 rings (SSSR count). The Morgan fingerprint density at radius 1 is 1.12 bits per heavy atom. The summed E-state index contributed by atoms with van der Waals surface area (Å²) >= 11 is 1.45. The molecule has 0 atom stereocenters. The molecule has 2 aromatic carbocycles. The summed E-state index contributed by atoms with van der Waals surface area (Å²) in [6.45, 7) is 2.55. The van der Waals surface area contributed by atoms with Crippen molar-refractivity contribution < 1.29 is 14.3 Å². The van der Waals surface area contributed by atoms with E-state index in [1.54, 1.807) is 0 Å². The number of nitrogens with zero attached hydrogens (tertiary/aromatic N) is 1. The standard InChI is InChI=1S/C20H18N2O3S/c1-13-19(26-18(22-13)10-14-5-3-2-4-6-14)20(23)21-11-15-7-8-16-17(9-15)25-12-24-16/h2-9H,10-12H2,1H3,(H,21,23). The van der Waals surface area contributed by atoms with E-state index in [0.717, 1.165) is 34.2 Å². The number of aryl methyl sites for hydroxylation is 1. The van der Waals surface area contributed by atoms with Crippen LogP contribution in [0.5, 0.6) is 11.5 Å². The van der Waals surface area contributed by atoms with Crippen LogP contribution in [0.15, 0.2) is 48.5 Å². The molecule has 0 bridgehead atoms. The lowest BCUT2D eigenvalue weighted by atomic mass is 10.2. The van der Waals surface area contributed by atoms with Crippen molar-refractivity contribution in [3.63, 3.8) is 0 Å². The van der Waals surface area contributed by atoms with Gasteiger partial charge in [0.2, 0.25) is 6.79 Å². The maximum absolute atomic E-state index is 12.5. The highest BCUT2D eigenvalue weighted by atomic mass is 32.1. The van der Waals surface area contributed by atoms with Crippen LogP contribution in [0.3, 0.4) is 0 Å². The highest BCUT2D eigenvalue weighted by Gasteiger charge is 2.17. The van der Waals surface area contributed by atoms with Crippen molar-refractivity contribution in [1.82, 2.24) is 10.3 Å². The van der Waals surface area contributed by atoms with E-state index in [1.165, 1.54) is 16.9 Å². The minimum Gasteiger partial charge on any atom is -0.454 e. The SMILES string of the molecule is Cc1nc(Cc2ccccc2)sc1C(=O)NCc1ccc2c(c1)OCO2. The van der Waals surface area contributed by atoms with Gasteiger partial charge in [0.05, 0.1) is 10.7 Å². The van der Waals surface area contributed by atoms with Gasteiger partial charge in [0, 0.05) is 13.0 Å². The quantitative estimate of drug-likeness (QED) is 0.748. The van der Waals surface area contributed by atoms with E-state index in [2.05, 4.69) is 22.4 Å². The monoisotopic (exact) mass is 366 g/mol. The van der Waals surface area contributed by atoms with Gasteiger partial charge >= 0.3 is 0 Å². The number of rotatable bonds is 5. The van der Waals surface area contributed by atoms with Crippen LogP contribution in [0, 0.1) is 6.92 Å². The van der Waals surface area contributed by atoms with Crippen LogP contribution in [0.2, 0.25) is 0 Å². The molecule has 1 aliphatic heterocycles. The highest BCUT2D eigenvalue weighted by Crippen LogP contribution is 2.32. The molecule has 2 heterocycles. The van der Waals surface area contributed by atoms with Crippen molar-refractivity contribution in [3.05, 3.63) is 75.2 Å². The van der Waals surface area contributed by atoms with Crippen molar-refractivity contribution in [1.29, 1.82) is 0 Å². The Bertz CT molecular complexity index is 937. The number of thiazole rings is 1. The van der Waals surface area contributed by atoms with E-state index < -0.39 is 0 Å².